The van der Waals surface area contributed by atoms with Crippen molar-refractivity contribution >= 4 is 5.96 Å². The lowest BCUT2D eigenvalue weighted by atomic mass is 9.70. The Morgan fingerprint density at radius 3 is 2.59 bits per heavy atom. The monoisotopic (exact) mass is 448 g/mol. The first-order valence-electron chi connectivity index (χ1n) is 11.9. The van der Waals surface area contributed by atoms with Crippen LogP contribution in [0.4, 0.5) is 0 Å². The van der Waals surface area contributed by atoms with Gasteiger partial charge in [0.25, 0.3) is 0 Å². The van der Waals surface area contributed by atoms with E-state index in [1.165, 1.54) is 16.7 Å². The molecule has 170 valence electrons. The topological polar surface area (TPSA) is 74.6 Å². The summed E-state index contributed by atoms with van der Waals surface area (Å²) in [6.45, 7) is 0.409. The molecule has 1 heterocycles. The Bertz CT molecular complexity index is 1360. The molecule has 0 fully saturated rings. The summed E-state index contributed by atoms with van der Waals surface area (Å²) >= 11 is 0. The summed E-state index contributed by atoms with van der Waals surface area (Å²) in [6.07, 6.45) is 5.03. The number of ether oxygens (including phenoxy) is 1. The van der Waals surface area contributed by atoms with Crippen molar-refractivity contribution in [2.45, 2.75) is 37.8 Å². The maximum absolute atomic E-state index is 9.38. The Kier molecular flexibility index (Phi) is 4.75. The molecule has 0 bridgehead atoms. The number of rotatable bonds is 1. The molecule has 2 atom stereocenters. The van der Waals surface area contributed by atoms with E-state index in [4.69, 9.17) is 15.5 Å². The van der Waals surface area contributed by atoms with Crippen LogP contribution in [0.1, 0.15) is 40.7 Å². The third-order valence-corrected chi connectivity index (χ3v) is 7.93. The summed E-state index contributed by atoms with van der Waals surface area (Å²) < 4.78 is 6.74. The zero-order valence-electron chi connectivity index (χ0n) is 19.4. The summed E-state index contributed by atoms with van der Waals surface area (Å²) in [4.78, 5) is 7.00. The van der Waals surface area contributed by atoms with Crippen molar-refractivity contribution in [3.63, 3.8) is 0 Å². The standard InChI is InChI=1S/C29H28N4O/c1-33-19-34-29(32-27(33)31)26-15-23(22-9-4-6-20(14-22)18-30)11-12-25(26)17-28(29)13-5-10-21-7-2-3-8-24(21)16-28/h2-4,6-9,11-12,14-15H,5,10,13,16-17,19H2,1H3,(H2,31,32). The van der Waals surface area contributed by atoms with Crippen LogP contribution in [0.3, 0.4) is 0 Å². The minimum absolute atomic E-state index is 0.194. The van der Waals surface area contributed by atoms with Crippen LogP contribution in [0.2, 0.25) is 0 Å². The van der Waals surface area contributed by atoms with E-state index in [1.54, 1.807) is 0 Å². The molecule has 2 N–H and O–H groups in total. The molecule has 0 radical (unpaired) electrons. The highest BCUT2D eigenvalue weighted by Crippen LogP contribution is 2.60. The molecule has 0 aromatic heterocycles. The normalized spacial score (nSPS) is 25.4. The molecule has 2 aliphatic carbocycles. The molecular weight excluding hydrogens is 420 g/mol. The van der Waals surface area contributed by atoms with Crippen LogP contribution in [0.15, 0.2) is 71.7 Å². The fraction of sp³-hybridized carbons (Fsp3) is 0.310. The second-order valence-electron chi connectivity index (χ2n) is 9.91. The van der Waals surface area contributed by atoms with Crippen LogP contribution in [-0.2, 0) is 29.7 Å². The highest BCUT2D eigenvalue weighted by molar-refractivity contribution is 5.79. The number of hydrogen-bond acceptors (Lipinski definition) is 5. The van der Waals surface area contributed by atoms with Gasteiger partial charge < -0.3 is 15.4 Å². The van der Waals surface area contributed by atoms with Crippen molar-refractivity contribution in [2.24, 2.45) is 16.1 Å². The molecule has 1 aliphatic heterocycles. The van der Waals surface area contributed by atoms with E-state index in [0.29, 0.717) is 18.3 Å². The van der Waals surface area contributed by atoms with Crippen LogP contribution in [0.5, 0.6) is 0 Å². The molecule has 5 heteroatoms. The number of fused-ring (bicyclic) bond motifs is 4. The molecule has 34 heavy (non-hydrogen) atoms. The van der Waals surface area contributed by atoms with E-state index in [-0.39, 0.29) is 5.41 Å². The predicted molar refractivity (Wildman–Crippen MR) is 133 cm³/mol. The van der Waals surface area contributed by atoms with Crippen molar-refractivity contribution in [3.05, 3.63) is 94.5 Å². The molecule has 3 aromatic carbocycles. The number of nitriles is 1. The third kappa shape index (κ3) is 3.06. The van der Waals surface area contributed by atoms with Crippen molar-refractivity contribution in [1.82, 2.24) is 4.90 Å². The first kappa shape index (κ1) is 20.9. The summed E-state index contributed by atoms with van der Waals surface area (Å²) in [7, 11) is 1.92. The maximum Gasteiger partial charge on any atom is 0.197 e. The third-order valence-electron chi connectivity index (χ3n) is 7.93. The van der Waals surface area contributed by atoms with E-state index in [1.807, 2.05) is 30.1 Å². The van der Waals surface area contributed by atoms with Crippen molar-refractivity contribution in [2.75, 3.05) is 13.8 Å². The number of guanidine groups is 1. The summed E-state index contributed by atoms with van der Waals surface area (Å²) in [5.41, 5.74) is 13.4. The Morgan fingerprint density at radius 1 is 0.971 bits per heavy atom. The smallest absolute Gasteiger partial charge is 0.197 e. The highest BCUT2D eigenvalue weighted by atomic mass is 16.5. The lowest BCUT2D eigenvalue weighted by Crippen LogP contribution is -2.53. The Morgan fingerprint density at radius 2 is 1.76 bits per heavy atom. The molecule has 2 spiro atoms. The first-order chi connectivity index (χ1) is 16.5. The predicted octanol–water partition coefficient (Wildman–Crippen LogP) is 4.73. The van der Waals surface area contributed by atoms with Crippen molar-refractivity contribution < 1.29 is 4.74 Å². The minimum atomic E-state index is -0.820. The summed E-state index contributed by atoms with van der Waals surface area (Å²) in [6, 6.07) is 25.4. The van der Waals surface area contributed by atoms with Crippen molar-refractivity contribution in [3.8, 4) is 17.2 Å². The summed E-state index contributed by atoms with van der Waals surface area (Å²) in [5.74, 6) is 0.521. The SMILES string of the molecule is CN1COC2(N=C1N)c1cc(-c3cccc(C#N)c3)ccc1CC21CCCc2ccccc2C1. The molecule has 0 amide bonds. The lowest BCUT2D eigenvalue weighted by Gasteiger charge is -2.47. The fourth-order valence-corrected chi connectivity index (χ4v) is 6.19. The Labute approximate surface area is 200 Å². The van der Waals surface area contributed by atoms with Gasteiger partial charge in [-0.15, -0.1) is 0 Å². The maximum atomic E-state index is 9.38. The second-order valence-corrected chi connectivity index (χ2v) is 9.91. The average Bonchev–Trinajstić information content (AvgIpc) is 2.97. The Hall–Kier alpha value is -3.62. The summed E-state index contributed by atoms with van der Waals surface area (Å²) in [5, 5.41) is 9.38. The van der Waals surface area contributed by atoms with Gasteiger partial charge in [-0.25, -0.2) is 4.99 Å². The van der Waals surface area contributed by atoms with E-state index in [2.05, 4.69) is 54.6 Å². The van der Waals surface area contributed by atoms with E-state index in [0.717, 1.165) is 48.8 Å². The molecule has 3 aromatic rings. The van der Waals surface area contributed by atoms with Gasteiger partial charge in [-0.05, 0) is 78.1 Å². The van der Waals surface area contributed by atoms with E-state index >= 15 is 0 Å². The molecule has 0 saturated carbocycles. The van der Waals surface area contributed by atoms with Gasteiger partial charge in [0.05, 0.1) is 11.6 Å². The van der Waals surface area contributed by atoms with Gasteiger partial charge in [0.2, 0.25) is 0 Å². The number of aliphatic imine (C=N–C) groups is 1. The molecule has 5 nitrogen and oxygen atoms in total. The number of benzene rings is 3. The Balaban J connectivity index is 1.54. The van der Waals surface area contributed by atoms with E-state index in [9.17, 15) is 5.26 Å². The average molecular weight is 449 g/mol. The van der Waals surface area contributed by atoms with E-state index < -0.39 is 5.72 Å². The molecule has 3 aliphatic rings. The van der Waals surface area contributed by atoms with Crippen LogP contribution in [0, 0.1) is 16.7 Å². The van der Waals surface area contributed by atoms with Gasteiger partial charge in [-0.2, -0.15) is 5.26 Å². The number of nitrogens with two attached hydrogens (primary N) is 1. The van der Waals surface area contributed by atoms with Crippen LogP contribution in [0.25, 0.3) is 11.1 Å². The zero-order chi connectivity index (χ0) is 23.3. The molecule has 0 saturated heterocycles. The molecule has 6 rings (SSSR count). The van der Waals surface area contributed by atoms with Gasteiger partial charge in [0.1, 0.15) is 6.73 Å². The second kappa shape index (κ2) is 7.72. The van der Waals surface area contributed by atoms with Gasteiger partial charge >= 0.3 is 0 Å². The van der Waals surface area contributed by atoms with Crippen LogP contribution in [-0.4, -0.2) is 24.6 Å². The van der Waals surface area contributed by atoms with Gasteiger partial charge in [-0.1, -0.05) is 48.5 Å². The number of nitrogens with zero attached hydrogens (tertiary/aromatic N) is 3. The molecule has 2 unspecified atom stereocenters. The number of aryl methyl sites for hydroxylation is 1. The van der Waals surface area contributed by atoms with Crippen molar-refractivity contribution in [1.29, 1.82) is 5.26 Å². The fourth-order valence-electron chi connectivity index (χ4n) is 6.19. The highest BCUT2D eigenvalue weighted by Gasteiger charge is 2.60. The van der Waals surface area contributed by atoms with Crippen LogP contribution < -0.4 is 5.73 Å². The largest absolute Gasteiger partial charge is 0.370 e. The van der Waals surface area contributed by atoms with Gasteiger partial charge in [-0.3, -0.25) is 0 Å². The van der Waals surface area contributed by atoms with Gasteiger partial charge in [0, 0.05) is 18.0 Å². The molecular formula is C29H28N4O. The zero-order valence-corrected chi connectivity index (χ0v) is 19.4. The minimum Gasteiger partial charge on any atom is -0.370 e. The lowest BCUT2D eigenvalue weighted by molar-refractivity contribution is -0.161. The first-order valence-corrected chi connectivity index (χ1v) is 11.9. The van der Waals surface area contributed by atoms with Crippen LogP contribution >= 0.6 is 0 Å². The quantitative estimate of drug-likeness (QED) is 0.584. The number of hydrogen-bond donors (Lipinski definition) is 1. The van der Waals surface area contributed by atoms with Gasteiger partial charge in [0.15, 0.2) is 11.7 Å².